The Morgan fingerprint density at radius 2 is 2.43 bits per heavy atom. The van der Waals surface area contributed by atoms with Crippen LogP contribution in [-0.2, 0) is 6.54 Å². The first kappa shape index (κ1) is 8.95. The molecule has 0 fully saturated rings. The Balaban J connectivity index is 2.40. The Morgan fingerprint density at radius 1 is 1.71 bits per heavy atom. The van der Waals surface area contributed by atoms with E-state index in [4.69, 9.17) is 0 Å². The second kappa shape index (κ2) is 2.95. The summed E-state index contributed by atoms with van der Waals surface area (Å²) in [6.45, 7) is 0.814. The molecule has 0 spiro atoms. The Morgan fingerprint density at radius 3 is 3.07 bits per heavy atom. The summed E-state index contributed by atoms with van der Waals surface area (Å²) in [6, 6.07) is 0. The third kappa shape index (κ3) is 1.31. The molecule has 0 aromatic carbocycles. The van der Waals surface area contributed by atoms with Crippen molar-refractivity contribution in [3.63, 3.8) is 0 Å². The quantitative estimate of drug-likeness (QED) is 0.490. The molecule has 7 nitrogen and oxygen atoms in total. The van der Waals surface area contributed by atoms with E-state index in [1.165, 1.54) is 6.20 Å². The van der Waals surface area contributed by atoms with Crippen molar-refractivity contribution in [2.75, 3.05) is 18.5 Å². The van der Waals surface area contributed by atoms with Crippen LogP contribution < -0.4 is 4.90 Å². The van der Waals surface area contributed by atoms with Crippen LogP contribution in [0, 0.1) is 10.1 Å². The molecule has 1 aromatic heterocycles. The second-order valence-corrected chi connectivity index (χ2v) is 3.34. The minimum absolute atomic E-state index is 0.180. The highest BCUT2D eigenvalue weighted by atomic mass is 16.6. The fourth-order valence-electron chi connectivity index (χ4n) is 1.60. The van der Waals surface area contributed by atoms with E-state index in [2.05, 4.69) is 4.98 Å². The summed E-state index contributed by atoms with van der Waals surface area (Å²) < 4.78 is 1.59. The number of nitro groups is 1. The molecule has 0 saturated carbocycles. The van der Waals surface area contributed by atoms with Crippen molar-refractivity contribution in [3.05, 3.63) is 16.3 Å². The molecule has 1 aliphatic rings. The van der Waals surface area contributed by atoms with Gasteiger partial charge in [-0.2, -0.15) is 0 Å². The number of aliphatic hydroxyl groups excluding tert-OH is 1. The third-order valence-corrected chi connectivity index (χ3v) is 2.16. The number of imidazole rings is 1. The molecule has 7 heteroatoms. The largest absolute Gasteiger partial charge is 0.389 e. The molecule has 0 amide bonds. The van der Waals surface area contributed by atoms with Crippen LogP contribution in [0.3, 0.4) is 0 Å². The third-order valence-electron chi connectivity index (χ3n) is 2.16. The highest BCUT2D eigenvalue weighted by molar-refractivity contribution is 5.38. The van der Waals surface area contributed by atoms with Gasteiger partial charge in [0.05, 0.1) is 19.2 Å². The molecule has 0 aliphatic carbocycles. The van der Waals surface area contributed by atoms with Gasteiger partial charge in [-0.3, -0.25) is 4.57 Å². The molecule has 14 heavy (non-hydrogen) atoms. The summed E-state index contributed by atoms with van der Waals surface area (Å²) in [6.07, 6.45) is 0.843. The van der Waals surface area contributed by atoms with E-state index in [-0.39, 0.29) is 5.82 Å². The van der Waals surface area contributed by atoms with Gasteiger partial charge in [0.1, 0.15) is 6.20 Å². The van der Waals surface area contributed by atoms with Gasteiger partial charge in [-0.25, -0.2) is 0 Å². The lowest BCUT2D eigenvalue weighted by Crippen LogP contribution is -2.38. The van der Waals surface area contributed by atoms with Crippen molar-refractivity contribution >= 4 is 11.8 Å². The Kier molecular flexibility index (Phi) is 1.88. The number of aromatic nitrogens is 2. The van der Waals surface area contributed by atoms with Crippen molar-refractivity contribution in [2.24, 2.45) is 0 Å². The molecule has 1 N–H and O–H groups in total. The van der Waals surface area contributed by atoms with Gasteiger partial charge in [0.25, 0.3) is 0 Å². The normalized spacial score (nSPS) is 20.7. The van der Waals surface area contributed by atoms with E-state index < -0.39 is 11.0 Å². The van der Waals surface area contributed by atoms with Crippen LogP contribution in [0.1, 0.15) is 0 Å². The van der Waals surface area contributed by atoms with Gasteiger partial charge in [0.15, 0.2) is 0 Å². The highest BCUT2D eigenvalue weighted by Gasteiger charge is 2.28. The Hall–Kier alpha value is -1.63. The fraction of sp³-hybridized carbons (Fsp3) is 0.571. The first-order chi connectivity index (χ1) is 6.58. The van der Waals surface area contributed by atoms with Crippen molar-refractivity contribution in [3.8, 4) is 0 Å². The molecule has 1 unspecified atom stereocenters. The van der Waals surface area contributed by atoms with Gasteiger partial charge in [0.2, 0.25) is 0 Å². The zero-order valence-electron chi connectivity index (χ0n) is 7.62. The molecule has 0 radical (unpaired) electrons. The predicted molar refractivity (Wildman–Crippen MR) is 48.2 cm³/mol. The SMILES string of the molecule is CN1CC(O)Cn2cc([N+](=O)[O-])nc21. The van der Waals surface area contributed by atoms with E-state index in [1.807, 2.05) is 0 Å². The topological polar surface area (TPSA) is 84.4 Å². The number of β-amino-alcohol motifs (C(OH)–C–C–N with tert-alkyl or cyclic N) is 1. The average molecular weight is 198 g/mol. The Labute approximate surface area is 79.7 Å². The molecule has 1 atom stereocenters. The smallest absolute Gasteiger partial charge is 0.384 e. The zero-order valence-corrected chi connectivity index (χ0v) is 7.62. The number of hydrogen-bond acceptors (Lipinski definition) is 5. The maximum absolute atomic E-state index is 10.5. The van der Waals surface area contributed by atoms with Crippen LogP contribution in [-0.4, -0.2) is 39.3 Å². The summed E-state index contributed by atoms with van der Waals surface area (Å²) in [5.74, 6) is 0.350. The number of aliphatic hydroxyl groups is 1. The molecule has 0 bridgehead atoms. The van der Waals surface area contributed by atoms with Crippen LogP contribution >= 0.6 is 0 Å². The van der Waals surface area contributed by atoms with Crippen molar-refractivity contribution in [1.29, 1.82) is 0 Å². The number of nitrogens with zero attached hydrogens (tertiary/aromatic N) is 4. The van der Waals surface area contributed by atoms with E-state index in [9.17, 15) is 15.2 Å². The minimum atomic E-state index is -0.536. The number of hydrogen-bond donors (Lipinski definition) is 1. The van der Waals surface area contributed by atoms with Crippen LogP contribution in [0.15, 0.2) is 6.20 Å². The molecule has 0 saturated heterocycles. The molecule has 1 aromatic rings. The van der Waals surface area contributed by atoms with Gasteiger partial charge in [-0.1, -0.05) is 0 Å². The van der Waals surface area contributed by atoms with Gasteiger partial charge < -0.3 is 20.1 Å². The van der Waals surface area contributed by atoms with Gasteiger partial charge in [-0.15, -0.1) is 0 Å². The zero-order chi connectivity index (χ0) is 10.3. The van der Waals surface area contributed by atoms with Crippen molar-refractivity contribution in [2.45, 2.75) is 12.6 Å². The Bertz CT molecular complexity index is 375. The van der Waals surface area contributed by atoms with Crippen molar-refractivity contribution < 1.29 is 10.0 Å². The first-order valence-corrected chi connectivity index (χ1v) is 4.18. The second-order valence-electron chi connectivity index (χ2n) is 3.34. The van der Waals surface area contributed by atoms with Gasteiger partial charge in [-0.05, 0) is 4.92 Å². The molecular weight excluding hydrogens is 188 g/mol. The van der Waals surface area contributed by atoms with Crippen LogP contribution in [0.5, 0.6) is 0 Å². The number of anilines is 1. The first-order valence-electron chi connectivity index (χ1n) is 4.18. The van der Waals surface area contributed by atoms with E-state index in [1.54, 1.807) is 16.5 Å². The summed E-state index contributed by atoms with van der Waals surface area (Å²) in [5, 5.41) is 19.9. The maximum Gasteiger partial charge on any atom is 0.384 e. The molecule has 76 valence electrons. The monoisotopic (exact) mass is 198 g/mol. The summed E-state index contributed by atoms with van der Waals surface area (Å²) in [5.41, 5.74) is 0. The maximum atomic E-state index is 10.5. The minimum Gasteiger partial charge on any atom is -0.389 e. The molecule has 1 aliphatic heterocycles. The summed E-state index contributed by atoms with van der Waals surface area (Å²) in [7, 11) is 1.74. The average Bonchev–Trinajstić information content (AvgIpc) is 2.47. The van der Waals surface area contributed by atoms with Gasteiger partial charge in [0, 0.05) is 12.0 Å². The van der Waals surface area contributed by atoms with Crippen LogP contribution in [0.25, 0.3) is 0 Å². The predicted octanol–water partition coefficient (Wildman–Crippen LogP) is -0.398. The summed E-state index contributed by atoms with van der Waals surface area (Å²) in [4.78, 5) is 15.5. The number of likely N-dealkylation sites (N-methyl/N-ethyl adjacent to an activating group) is 1. The lowest BCUT2D eigenvalue weighted by molar-refractivity contribution is -0.389. The fourth-order valence-corrected chi connectivity index (χ4v) is 1.60. The van der Waals surface area contributed by atoms with Gasteiger partial charge >= 0.3 is 11.8 Å². The number of rotatable bonds is 1. The number of fused-ring (bicyclic) bond motifs is 1. The van der Waals surface area contributed by atoms with Crippen molar-refractivity contribution in [1.82, 2.24) is 9.55 Å². The highest BCUT2D eigenvalue weighted by Crippen LogP contribution is 2.22. The van der Waals surface area contributed by atoms with E-state index in [0.29, 0.717) is 19.0 Å². The molecular formula is C7H10N4O3. The lowest BCUT2D eigenvalue weighted by atomic mass is 10.3. The van der Waals surface area contributed by atoms with E-state index >= 15 is 0 Å². The van der Waals surface area contributed by atoms with E-state index in [0.717, 1.165) is 0 Å². The molecule has 2 rings (SSSR count). The van der Waals surface area contributed by atoms with Crippen LogP contribution in [0.2, 0.25) is 0 Å². The lowest BCUT2D eigenvalue weighted by Gasteiger charge is -2.25. The summed E-state index contributed by atoms with van der Waals surface area (Å²) >= 11 is 0. The standard InChI is InChI=1S/C7H10N4O3/c1-9-2-5(12)3-10-4-6(11(13)14)8-7(9)10/h4-5,12H,2-3H2,1H3. The molecule has 2 heterocycles. The van der Waals surface area contributed by atoms with Crippen LogP contribution in [0.4, 0.5) is 11.8 Å².